The quantitative estimate of drug-likeness (QED) is 0.902. The molecule has 0 amide bonds. The molecule has 2 aromatic rings. The molecule has 0 aliphatic rings. The molecule has 0 saturated heterocycles. The summed E-state index contributed by atoms with van der Waals surface area (Å²) in [6.45, 7) is 3.97. The van der Waals surface area contributed by atoms with Crippen molar-refractivity contribution in [3.05, 3.63) is 40.7 Å². The average molecular weight is 288 g/mol. The van der Waals surface area contributed by atoms with Crippen molar-refractivity contribution in [2.75, 3.05) is 11.1 Å². The fourth-order valence-electron chi connectivity index (χ4n) is 1.66. The van der Waals surface area contributed by atoms with Crippen molar-refractivity contribution < 1.29 is 0 Å². The van der Waals surface area contributed by atoms with Gasteiger partial charge in [-0.3, -0.25) is 0 Å². The van der Waals surface area contributed by atoms with Crippen LogP contribution in [0.15, 0.2) is 24.3 Å². The lowest BCUT2D eigenvalue weighted by molar-refractivity contribution is 0.779. The summed E-state index contributed by atoms with van der Waals surface area (Å²) >= 11 is 5.95. The smallest absolute Gasteiger partial charge is 0.136 e. The van der Waals surface area contributed by atoms with E-state index in [-0.39, 0.29) is 5.92 Å². The summed E-state index contributed by atoms with van der Waals surface area (Å²) in [6, 6.07) is 8.71. The Morgan fingerprint density at radius 1 is 1.30 bits per heavy atom. The fraction of sp³-hybridized carbons (Fsp3) is 0.214. The maximum absolute atomic E-state index is 9.09. The first-order valence-corrected chi connectivity index (χ1v) is 6.48. The Hall–Kier alpha value is -2.32. The van der Waals surface area contributed by atoms with Gasteiger partial charge in [-0.2, -0.15) is 5.26 Å². The molecule has 0 fully saturated rings. The SMILES string of the molecule is CC(C)c1nc(N)cc(Nc2cc(Cl)ccc2C#N)n1. The Bertz CT molecular complexity index is 676. The molecule has 1 aromatic carbocycles. The molecule has 1 heterocycles. The molecule has 102 valence electrons. The molecule has 0 radical (unpaired) electrons. The van der Waals surface area contributed by atoms with Crippen LogP contribution in [0.1, 0.15) is 31.2 Å². The third kappa shape index (κ3) is 3.16. The average Bonchev–Trinajstić information content (AvgIpc) is 2.38. The largest absolute Gasteiger partial charge is 0.384 e. The molecule has 0 aliphatic carbocycles. The van der Waals surface area contributed by atoms with Crippen molar-refractivity contribution in [3.63, 3.8) is 0 Å². The summed E-state index contributed by atoms with van der Waals surface area (Å²) in [5.41, 5.74) is 6.84. The first-order chi connectivity index (χ1) is 9.49. The molecule has 3 N–H and O–H groups in total. The minimum atomic E-state index is 0.161. The van der Waals surface area contributed by atoms with E-state index in [2.05, 4.69) is 21.4 Å². The van der Waals surface area contributed by atoms with Crippen LogP contribution in [0.5, 0.6) is 0 Å². The molecule has 0 unspecified atom stereocenters. The van der Waals surface area contributed by atoms with Gasteiger partial charge in [0, 0.05) is 17.0 Å². The van der Waals surface area contributed by atoms with Crippen molar-refractivity contribution >= 4 is 28.9 Å². The van der Waals surface area contributed by atoms with Crippen LogP contribution in [0.2, 0.25) is 5.02 Å². The number of aromatic nitrogens is 2. The van der Waals surface area contributed by atoms with Crippen LogP contribution in [0.4, 0.5) is 17.3 Å². The summed E-state index contributed by atoms with van der Waals surface area (Å²) in [6.07, 6.45) is 0. The van der Waals surface area contributed by atoms with Gasteiger partial charge in [-0.15, -0.1) is 0 Å². The molecule has 0 atom stereocenters. The Balaban J connectivity index is 2.40. The minimum absolute atomic E-state index is 0.161. The lowest BCUT2D eigenvalue weighted by atomic mass is 10.2. The predicted molar refractivity (Wildman–Crippen MR) is 80.0 cm³/mol. The fourth-order valence-corrected chi connectivity index (χ4v) is 1.84. The number of nitrogen functional groups attached to an aromatic ring is 1. The molecule has 0 bridgehead atoms. The van der Waals surface area contributed by atoms with Gasteiger partial charge in [-0.25, -0.2) is 9.97 Å². The highest BCUT2D eigenvalue weighted by molar-refractivity contribution is 6.30. The van der Waals surface area contributed by atoms with Crippen LogP contribution in [-0.4, -0.2) is 9.97 Å². The standard InChI is InChI=1S/C14H14ClN5/c1-8(2)14-19-12(17)6-13(20-14)18-11-5-10(15)4-3-9(11)7-16/h3-6,8H,1-2H3,(H3,17,18,19,20). The van der Waals surface area contributed by atoms with Crippen LogP contribution >= 0.6 is 11.6 Å². The van der Waals surface area contributed by atoms with Gasteiger partial charge in [0.15, 0.2) is 0 Å². The number of rotatable bonds is 3. The van der Waals surface area contributed by atoms with Crippen molar-refractivity contribution in [3.8, 4) is 6.07 Å². The molecule has 1 aromatic heterocycles. The number of benzene rings is 1. The Morgan fingerprint density at radius 3 is 2.70 bits per heavy atom. The van der Waals surface area contributed by atoms with Crippen molar-refractivity contribution in [2.24, 2.45) is 0 Å². The number of nitrogens with zero attached hydrogens (tertiary/aromatic N) is 3. The van der Waals surface area contributed by atoms with E-state index in [9.17, 15) is 0 Å². The highest BCUT2D eigenvalue weighted by atomic mass is 35.5. The summed E-state index contributed by atoms with van der Waals surface area (Å²) in [7, 11) is 0. The third-order valence-corrected chi connectivity index (χ3v) is 2.88. The van der Waals surface area contributed by atoms with Gasteiger partial charge < -0.3 is 11.1 Å². The van der Waals surface area contributed by atoms with Gasteiger partial charge in [0.25, 0.3) is 0 Å². The van der Waals surface area contributed by atoms with Crippen molar-refractivity contribution in [2.45, 2.75) is 19.8 Å². The number of nitrogens with two attached hydrogens (primary N) is 1. The Kier molecular flexibility index (Phi) is 4.06. The summed E-state index contributed by atoms with van der Waals surface area (Å²) in [5.74, 6) is 1.73. The van der Waals surface area contributed by atoms with E-state index < -0.39 is 0 Å². The summed E-state index contributed by atoms with van der Waals surface area (Å²) < 4.78 is 0. The number of nitriles is 1. The van der Waals surface area contributed by atoms with E-state index in [0.717, 1.165) is 0 Å². The van der Waals surface area contributed by atoms with Gasteiger partial charge in [-0.05, 0) is 18.2 Å². The molecule has 0 saturated carbocycles. The van der Waals surface area contributed by atoms with Gasteiger partial charge in [0.2, 0.25) is 0 Å². The number of hydrogen-bond acceptors (Lipinski definition) is 5. The number of halogens is 1. The predicted octanol–water partition coefficient (Wildman–Crippen LogP) is 3.45. The van der Waals surface area contributed by atoms with Crippen LogP contribution < -0.4 is 11.1 Å². The van der Waals surface area contributed by atoms with Crippen LogP contribution in [0.25, 0.3) is 0 Å². The zero-order valence-corrected chi connectivity index (χ0v) is 11.9. The van der Waals surface area contributed by atoms with E-state index >= 15 is 0 Å². The monoisotopic (exact) mass is 287 g/mol. The van der Waals surface area contributed by atoms with E-state index in [0.29, 0.717) is 33.7 Å². The molecular formula is C14H14ClN5. The van der Waals surface area contributed by atoms with Crippen LogP contribution in [0.3, 0.4) is 0 Å². The molecular weight excluding hydrogens is 274 g/mol. The van der Waals surface area contributed by atoms with Crippen molar-refractivity contribution in [1.29, 1.82) is 5.26 Å². The number of hydrogen-bond donors (Lipinski definition) is 2. The topological polar surface area (TPSA) is 87.6 Å². The molecule has 5 nitrogen and oxygen atoms in total. The van der Waals surface area contributed by atoms with E-state index in [1.165, 1.54) is 0 Å². The molecule has 0 spiro atoms. The number of nitrogens with one attached hydrogen (secondary N) is 1. The second kappa shape index (κ2) is 5.76. The normalized spacial score (nSPS) is 10.3. The third-order valence-electron chi connectivity index (χ3n) is 2.64. The molecule has 0 aliphatic heterocycles. The molecule has 20 heavy (non-hydrogen) atoms. The van der Waals surface area contributed by atoms with E-state index in [1.807, 2.05) is 13.8 Å². The highest BCUT2D eigenvalue weighted by Gasteiger charge is 2.09. The first-order valence-electron chi connectivity index (χ1n) is 6.10. The van der Waals surface area contributed by atoms with Crippen LogP contribution in [-0.2, 0) is 0 Å². The van der Waals surface area contributed by atoms with Crippen LogP contribution in [0, 0.1) is 11.3 Å². The summed E-state index contributed by atoms with van der Waals surface area (Å²) in [5, 5.41) is 12.7. The van der Waals surface area contributed by atoms with E-state index in [1.54, 1.807) is 24.3 Å². The number of anilines is 3. The zero-order valence-electron chi connectivity index (χ0n) is 11.2. The molecule has 2 rings (SSSR count). The van der Waals surface area contributed by atoms with Gasteiger partial charge in [0.1, 0.15) is 23.5 Å². The van der Waals surface area contributed by atoms with E-state index in [4.69, 9.17) is 22.6 Å². The van der Waals surface area contributed by atoms with Gasteiger partial charge >= 0.3 is 0 Å². The van der Waals surface area contributed by atoms with Gasteiger partial charge in [-0.1, -0.05) is 25.4 Å². The zero-order chi connectivity index (χ0) is 14.7. The Morgan fingerprint density at radius 2 is 2.05 bits per heavy atom. The molecule has 6 heteroatoms. The Labute approximate surface area is 122 Å². The van der Waals surface area contributed by atoms with Gasteiger partial charge in [0.05, 0.1) is 11.3 Å². The highest BCUT2D eigenvalue weighted by Crippen LogP contribution is 2.24. The second-order valence-corrected chi connectivity index (χ2v) is 5.05. The van der Waals surface area contributed by atoms with Crippen molar-refractivity contribution in [1.82, 2.24) is 9.97 Å². The lowest BCUT2D eigenvalue weighted by Crippen LogP contribution is -2.05. The summed E-state index contributed by atoms with van der Waals surface area (Å²) in [4.78, 5) is 8.55. The lowest BCUT2D eigenvalue weighted by Gasteiger charge is -2.11. The minimum Gasteiger partial charge on any atom is -0.384 e. The second-order valence-electron chi connectivity index (χ2n) is 4.62. The first kappa shape index (κ1) is 14.1. The maximum atomic E-state index is 9.09. The maximum Gasteiger partial charge on any atom is 0.136 e.